The topological polar surface area (TPSA) is 22.1 Å². The zero-order valence-corrected chi connectivity index (χ0v) is 13.1. The van der Waals surface area contributed by atoms with Crippen LogP contribution in [0.4, 0.5) is 8.78 Å². The first-order valence-corrected chi connectivity index (χ1v) is 6.90. The average molecular weight is 342 g/mol. The lowest BCUT2D eigenvalue weighted by atomic mass is 10.0. The summed E-state index contributed by atoms with van der Waals surface area (Å²) in [5, 5.41) is 0.192. The SMILES string of the molecule is C=C(/C=C/c1c(-c2ccc(F)cc2F)cc(Cl)nc1Cl)OC. The van der Waals surface area contributed by atoms with E-state index in [1.807, 2.05) is 0 Å². The van der Waals surface area contributed by atoms with E-state index in [0.717, 1.165) is 12.1 Å². The van der Waals surface area contributed by atoms with E-state index >= 15 is 0 Å². The molecule has 0 saturated carbocycles. The number of methoxy groups -OCH3 is 1. The fraction of sp³-hybridized carbons (Fsp3) is 0.0625. The third kappa shape index (κ3) is 3.64. The van der Waals surface area contributed by atoms with Gasteiger partial charge in [0.1, 0.15) is 27.7 Å². The molecular formula is C16H11Cl2F2NO. The van der Waals surface area contributed by atoms with Crippen LogP contribution >= 0.6 is 23.2 Å². The molecule has 2 nitrogen and oxygen atoms in total. The maximum atomic E-state index is 14.0. The molecular weight excluding hydrogens is 331 g/mol. The molecule has 0 atom stereocenters. The predicted octanol–water partition coefficient (Wildman–Crippen LogP) is 5.51. The minimum Gasteiger partial charge on any atom is -0.497 e. The summed E-state index contributed by atoms with van der Waals surface area (Å²) in [7, 11) is 1.47. The van der Waals surface area contributed by atoms with Crippen LogP contribution in [0.3, 0.4) is 0 Å². The van der Waals surface area contributed by atoms with Gasteiger partial charge < -0.3 is 4.74 Å². The Bertz CT molecular complexity index is 760. The quantitative estimate of drug-likeness (QED) is 0.415. The number of aromatic nitrogens is 1. The highest BCUT2D eigenvalue weighted by molar-refractivity contribution is 6.34. The highest BCUT2D eigenvalue weighted by Gasteiger charge is 2.14. The predicted molar refractivity (Wildman–Crippen MR) is 84.8 cm³/mol. The monoisotopic (exact) mass is 341 g/mol. The molecule has 0 amide bonds. The maximum absolute atomic E-state index is 14.0. The minimum atomic E-state index is -0.724. The van der Waals surface area contributed by atoms with Gasteiger partial charge in [-0.2, -0.15) is 0 Å². The van der Waals surface area contributed by atoms with Crippen molar-refractivity contribution in [2.24, 2.45) is 0 Å². The number of hydrogen-bond acceptors (Lipinski definition) is 2. The third-order valence-electron chi connectivity index (χ3n) is 2.90. The third-order valence-corrected chi connectivity index (χ3v) is 3.38. The van der Waals surface area contributed by atoms with E-state index in [4.69, 9.17) is 27.9 Å². The molecule has 0 radical (unpaired) electrons. The molecule has 0 N–H and O–H groups in total. The van der Waals surface area contributed by atoms with E-state index in [9.17, 15) is 8.78 Å². The summed E-state index contributed by atoms with van der Waals surface area (Å²) in [6, 6.07) is 4.72. The standard InChI is InChI=1S/C16H11Cl2F2NO/c1-9(22-2)3-5-12-13(8-15(17)21-16(12)18)11-6-4-10(19)7-14(11)20/h3-8H,1H2,2H3/b5-3+. The van der Waals surface area contributed by atoms with Crippen LogP contribution in [0.1, 0.15) is 5.56 Å². The van der Waals surface area contributed by atoms with Crippen molar-refractivity contribution in [3.8, 4) is 11.1 Å². The van der Waals surface area contributed by atoms with E-state index in [1.54, 1.807) is 12.2 Å². The van der Waals surface area contributed by atoms with E-state index in [2.05, 4.69) is 11.6 Å². The fourth-order valence-electron chi connectivity index (χ4n) is 1.83. The zero-order valence-electron chi connectivity index (χ0n) is 11.5. The Labute approximate surface area is 136 Å². The van der Waals surface area contributed by atoms with Gasteiger partial charge in [0.2, 0.25) is 0 Å². The van der Waals surface area contributed by atoms with Crippen LogP contribution in [0.5, 0.6) is 0 Å². The van der Waals surface area contributed by atoms with Crippen LogP contribution in [0.25, 0.3) is 17.2 Å². The van der Waals surface area contributed by atoms with Crippen molar-refractivity contribution in [3.63, 3.8) is 0 Å². The van der Waals surface area contributed by atoms with Gasteiger partial charge in [0.15, 0.2) is 0 Å². The fourth-order valence-corrected chi connectivity index (χ4v) is 2.32. The molecule has 6 heteroatoms. The summed E-state index contributed by atoms with van der Waals surface area (Å²) < 4.78 is 32.0. The van der Waals surface area contributed by atoms with Crippen LogP contribution in [0, 0.1) is 11.6 Å². The van der Waals surface area contributed by atoms with Crippen molar-refractivity contribution in [1.82, 2.24) is 4.98 Å². The molecule has 1 aromatic heterocycles. The maximum Gasteiger partial charge on any atom is 0.138 e. The molecule has 2 aromatic rings. The second-order valence-electron chi connectivity index (χ2n) is 4.32. The van der Waals surface area contributed by atoms with E-state index in [1.165, 1.54) is 19.2 Å². The Morgan fingerprint density at radius 1 is 1.23 bits per heavy atom. The first kappa shape index (κ1) is 16.5. The number of hydrogen-bond donors (Lipinski definition) is 0. The molecule has 0 fully saturated rings. The number of nitrogens with zero attached hydrogens (tertiary/aromatic N) is 1. The summed E-state index contributed by atoms with van der Waals surface area (Å²) >= 11 is 12.0. The van der Waals surface area contributed by atoms with Crippen molar-refractivity contribution in [3.05, 3.63) is 70.2 Å². The Hall–Kier alpha value is -1.91. The summed E-state index contributed by atoms with van der Waals surface area (Å²) in [4.78, 5) is 3.92. The number of ether oxygens (including phenoxy) is 1. The first-order chi connectivity index (χ1) is 10.4. The highest BCUT2D eigenvalue weighted by Crippen LogP contribution is 2.33. The van der Waals surface area contributed by atoms with Gasteiger partial charge in [-0.3, -0.25) is 0 Å². The van der Waals surface area contributed by atoms with Gasteiger partial charge >= 0.3 is 0 Å². The number of pyridine rings is 1. The molecule has 114 valence electrons. The van der Waals surface area contributed by atoms with E-state index < -0.39 is 11.6 Å². The van der Waals surface area contributed by atoms with Crippen LogP contribution in [0.15, 0.2) is 42.7 Å². The van der Waals surface area contributed by atoms with Crippen LogP contribution in [0.2, 0.25) is 10.3 Å². The molecule has 0 unspecified atom stereocenters. The molecule has 2 rings (SSSR count). The second-order valence-corrected chi connectivity index (χ2v) is 5.07. The largest absolute Gasteiger partial charge is 0.497 e. The number of allylic oxidation sites excluding steroid dienone is 1. The summed E-state index contributed by atoms with van der Waals surface area (Å²) in [5.41, 5.74) is 0.979. The zero-order chi connectivity index (χ0) is 16.3. The second kappa shape index (κ2) is 6.90. The summed E-state index contributed by atoms with van der Waals surface area (Å²) in [6.45, 7) is 3.64. The van der Waals surface area contributed by atoms with Crippen LogP contribution in [-0.4, -0.2) is 12.1 Å². The molecule has 22 heavy (non-hydrogen) atoms. The van der Waals surface area contributed by atoms with Gasteiger partial charge in [0, 0.05) is 17.2 Å². The van der Waals surface area contributed by atoms with Gasteiger partial charge in [0.25, 0.3) is 0 Å². The molecule has 0 spiro atoms. The normalized spacial score (nSPS) is 11.0. The van der Waals surface area contributed by atoms with Gasteiger partial charge in [-0.05, 0) is 35.9 Å². The van der Waals surface area contributed by atoms with Crippen LogP contribution < -0.4 is 0 Å². The molecule has 0 aliphatic carbocycles. The van der Waals surface area contributed by atoms with E-state index in [0.29, 0.717) is 16.9 Å². The van der Waals surface area contributed by atoms with Gasteiger partial charge in [-0.1, -0.05) is 29.8 Å². The van der Waals surface area contributed by atoms with Crippen molar-refractivity contribution in [1.29, 1.82) is 0 Å². The van der Waals surface area contributed by atoms with Crippen molar-refractivity contribution in [2.75, 3.05) is 7.11 Å². The van der Waals surface area contributed by atoms with Gasteiger partial charge in [-0.25, -0.2) is 13.8 Å². The van der Waals surface area contributed by atoms with Gasteiger partial charge in [-0.15, -0.1) is 0 Å². The van der Waals surface area contributed by atoms with Gasteiger partial charge in [0.05, 0.1) is 7.11 Å². The lowest BCUT2D eigenvalue weighted by Gasteiger charge is -2.10. The molecule has 1 heterocycles. The molecule has 0 aliphatic heterocycles. The average Bonchev–Trinajstić information content (AvgIpc) is 2.45. The summed E-state index contributed by atoms with van der Waals surface area (Å²) in [6.07, 6.45) is 3.14. The molecule has 0 bridgehead atoms. The molecule has 0 saturated heterocycles. The van der Waals surface area contributed by atoms with Crippen molar-refractivity contribution >= 4 is 29.3 Å². The van der Waals surface area contributed by atoms with Crippen molar-refractivity contribution in [2.45, 2.75) is 0 Å². The van der Waals surface area contributed by atoms with Crippen molar-refractivity contribution < 1.29 is 13.5 Å². The number of halogens is 4. The Morgan fingerprint density at radius 3 is 2.59 bits per heavy atom. The lowest BCUT2D eigenvalue weighted by Crippen LogP contribution is -1.93. The number of rotatable bonds is 4. The highest BCUT2D eigenvalue weighted by atomic mass is 35.5. The minimum absolute atomic E-state index is 0.0892. The molecule has 1 aromatic carbocycles. The smallest absolute Gasteiger partial charge is 0.138 e. The Balaban J connectivity index is 2.63. The summed E-state index contributed by atoms with van der Waals surface area (Å²) in [5.74, 6) is -1.01. The van der Waals surface area contributed by atoms with E-state index in [-0.39, 0.29) is 15.9 Å². The number of benzene rings is 1. The van der Waals surface area contributed by atoms with Crippen LogP contribution in [-0.2, 0) is 4.74 Å². The first-order valence-electron chi connectivity index (χ1n) is 6.15. The Morgan fingerprint density at radius 2 is 1.95 bits per heavy atom. The Kier molecular flexibility index (Phi) is 5.16. The lowest BCUT2D eigenvalue weighted by molar-refractivity contribution is 0.309. The molecule has 0 aliphatic rings.